The topological polar surface area (TPSA) is 96.7 Å². The minimum atomic E-state index is -4.60. The number of alkyl halides is 3. The van der Waals surface area contributed by atoms with E-state index in [1.165, 1.54) is 4.68 Å². The molecule has 0 unspecified atom stereocenters. The molecular formula is C23H22F3N7O. The third-order valence-electron chi connectivity index (χ3n) is 5.83. The Morgan fingerprint density at radius 1 is 1.21 bits per heavy atom. The Hall–Kier alpha value is -3.89. The summed E-state index contributed by atoms with van der Waals surface area (Å²) in [5.41, 5.74) is 9.33. The highest BCUT2D eigenvalue weighted by atomic mass is 19.4. The van der Waals surface area contributed by atoms with Gasteiger partial charge in [-0.1, -0.05) is 22.9 Å². The molecule has 1 aliphatic rings. The van der Waals surface area contributed by atoms with Crippen LogP contribution in [0.4, 0.5) is 19.0 Å². The Morgan fingerprint density at radius 3 is 2.74 bits per heavy atom. The van der Waals surface area contributed by atoms with E-state index in [2.05, 4.69) is 20.4 Å². The number of halogens is 3. The first-order valence-corrected chi connectivity index (χ1v) is 10.8. The molecular weight excluding hydrogens is 447 g/mol. The summed E-state index contributed by atoms with van der Waals surface area (Å²) in [5, 5.41) is 12.4. The first-order valence-electron chi connectivity index (χ1n) is 10.8. The lowest BCUT2D eigenvalue weighted by molar-refractivity contribution is -0.141. The van der Waals surface area contributed by atoms with Crippen LogP contribution in [0.15, 0.2) is 36.5 Å². The molecule has 0 saturated heterocycles. The summed E-state index contributed by atoms with van der Waals surface area (Å²) in [5.74, 6) is 0.572. The van der Waals surface area contributed by atoms with Gasteiger partial charge in [-0.05, 0) is 39.0 Å². The summed E-state index contributed by atoms with van der Waals surface area (Å²) in [7, 11) is 0. The van der Waals surface area contributed by atoms with Gasteiger partial charge >= 0.3 is 6.18 Å². The SMILES string of the molecule is CCn1nnc2c1-c1cnc(N)c(c1)O[C@H](C)c1cc(C)ccc1-n1nc(C(F)(F)F)cc1C2. The molecule has 34 heavy (non-hydrogen) atoms. The number of nitrogens with two attached hydrogens (primary N) is 1. The van der Waals surface area contributed by atoms with E-state index in [-0.39, 0.29) is 12.2 Å². The molecule has 1 aromatic carbocycles. The second-order valence-electron chi connectivity index (χ2n) is 8.24. The molecule has 0 amide bonds. The van der Waals surface area contributed by atoms with Crippen LogP contribution >= 0.6 is 0 Å². The van der Waals surface area contributed by atoms with Crippen molar-refractivity contribution in [2.24, 2.45) is 0 Å². The number of aryl methyl sites for hydroxylation is 2. The van der Waals surface area contributed by atoms with Gasteiger partial charge in [0.15, 0.2) is 17.3 Å². The van der Waals surface area contributed by atoms with Crippen LogP contribution in [-0.2, 0) is 19.1 Å². The van der Waals surface area contributed by atoms with Crippen LogP contribution in [0.2, 0.25) is 0 Å². The first-order chi connectivity index (χ1) is 16.2. The summed E-state index contributed by atoms with van der Waals surface area (Å²) in [6.45, 7) is 6.13. The van der Waals surface area contributed by atoms with Gasteiger partial charge < -0.3 is 10.5 Å². The van der Waals surface area contributed by atoms with Crippen molar-refractivity contribution in [1.29, 1.82) is 0 Å². The number of nitrogen functional groups attached to an aromatic ring is 1. The minimum Gasteiger partial charge on any atom is -0.482 e. The third kappa shape index (κ3) is 3.66. The average molecular weight is 469 g/mol. The zero-order chi connectivity index (χ0) is 24.2. The quantitative estimate of drug-likeness (QED) is 0.441. The van der Waals surface area contributed by atoms with Gasteiger partial charge in [0.25, 0.3) is 0 Å². The zero-order valence-corrected chi connectivity index (χ0v) is 18.8. The predicted octanol–water partition coefficient (Wildman–Crippen LogP) is 4.50. The highest BCUT2D eigenvalue weighted by Crippen LogP contribution is 2.37. The lowest BCUT2D eigenvalue weighted by atomic mass is 10.0. The van der Waals surface area contributed by atoms with Gasteiger partial charge in [-0.3, -0.25) is 0 Å². The molecule has 3 aromatic heterocycles. The Bertz CT molecular complexity index is 1390. The van der Waals surface area contributed by atoms with E-state index in [4.69, 9.17) is 10.5 Å². The molecule has 0 radical (unpaired) electrons. The molecule has 2 bridgehead atoms. The Balaban J connectivity index is 1.82. The number of pyridine rings is 1. The monoisotopic (exact) mass is 469 g/mol. The summed E-state index contributed by atoms with van der Waals surface area (Å²) >= 11 is 0. The smallest absolute Gasteiger partial charge is 0.435 e. The van der Waals surface area contributed by atoms with Crippen molar-refractivity contribution in [3.63, 3.8) is 0 Å². The standard InChI is InChI=1S/C23H22F3N7O/c1-4-32-21-14-8-19(22(27)28-11-14)34-13(3)16-7-12(2)5-6-18(16)33-15(9-17(21)29-31-32)10-20(30-33)23(24,25)26/h5-8,10-11,13H,4,9H2,1-3H3,(H2,27,28)/t13-/m1/s1. The maximum Gasteiger partial charge on any atom is 0.435 e. The fraction of sp³-hybridized carbons (Fsp3) is 0.304. The number of rotatable bonds is 1. The lowest BCUT2D eigenvalue weighted by Crippen LogP contribution is -2.14. The number of anilines is 1. The molecule has 2 N–H and O–H groups in total. The van der Waals surface area contributed by atoms with Gasteiger partial charge in [-0.25, -0.2) is 14.3 Å². The molecule has 1 aliphatic heterocycles. The fourth-order valence-electron chi connectivity index (χ4n) is 4.19. The van der Waals surface area contributed by atoms with E-state index in [9.17, 15) is 13.2 Å². The summed E-state index contributed by atoms with van der Waals surface area (Å²) < 4.78 is 50.2. The zero-order valence-electron chi connectivity index (χ0n) is 18.8. The number of hydrogen-bond acceptors (Lipinski definition) is 6. The first kappa shape index (κ1) is 21.9. The lowest BCUT2D eigenvalue weighted by Gasteiger charge is -2.22. The van der Waals surface area contributed by atoms with Crippen molar-refractivity contribution in [2.75, 3.05) is 5.73 Å². The molecule has 4 aromatic rings. The molecule has 0 saturated carbocycles. The molecule has 0 fully saturated rings. The maximum absolute atomic E-state index is 13.7. The summed E-state index contributed by atoms with van der Waals surface area (Å²) in [6.07, 6.45) is -3.48. The molecule has 11 heteroatoms. The van der Waals surface area contributed by atoms with E-state index in [0.29, 0.717) is 46.2 Å². The Labute approximate surface area is 193 Å². The average Bonchev–Trinajstić information content (AvgIpc) is 3.39. The molecule has 5 rings (SSSR count). The van der Waals surface area contributed by atoms with Crippen molar-refractivity contribution in [1.82, 2.24) is 29.8 Å². The number of fused-ring (bicyclic) bond motifs is 7. The van der Waals surface area contributed by atoms with Crippen LogP contribution in [0.1, 0.15) is 48.2 Å². The molecule has 0 spiro atoms. The molecule has 1 atom stereocenters. The van der Waals surface area contributed by atoms with Gasteiger partial charge in [0.1, 0.15) is 6.10 Å². The number of benzene rings is 1. The number of hydrogen-bond donors (Lipinski definition) is 1. The van der Waals surface area contributed by atoms with Crippen LogP contribution in [0.25, 0.3) is 16.9 Å². The van der Waals surface area contributed by atoms with Gasteiger partial charge in [0, 0.05) is 30.3 Å². The van der Waals surface area contributed by atoms with Gasteiger partial charge in [-0.15, -0.1) is 5.10 Å². The van der Waals surface area contributed by atoms with Crippen LogP contribution in [-0.4, -0.2) is 29.8 Å². The van der Waals surface area contributed by atoms with Crippen LogP contribution in [0.3, 0.4) is 0 Å². The third-order valence-corrected chi connectivity index (χ3v) is 5.83. The van der Waals surface area contributed by atoms with E-state index < -0.39 is 18.0 Å². The predicted molar refractivity (Wildman–Crippen MR) is 118 cm³/mol. The fourth-order valence-corrected chi connectivity index (χ4v) is 4.19. The van der Waals surface area contributed by atoms with Crippen molar-refractivity contribution in [3.8, 4) is 22.7 Å². The second kappa shape index (κ2) is 7.86. The van der Waals surface area contributed by atoms with Crippen molar-refractivity contribution in [2.45, 2.75) is 46.0 Å². The van der Waals surface area contributed by atoms with Crippen LogP contribution < -0.4 is 10.5 Å². The Morgan fingerprint density at radius 2 is 2.00 bits per heavy atom. The maximum atomic E-state index is 13.7. The normalized spacial score (nSPS) is 15.4. The van der Waals surface area contributed by atoms with Gasteiger partial charge in [-0.2, -0.15) is 18.3 Å². The molecule has 0 aliphatic carbocycles. The van der Waals surface area contributed by atoms with E-state index in [1.807, 2.05) is 32.9 Å². The van der Waals surface area contributed by atoms with E-state index in [1.54, 1.807) is 23.0 Å². The molecule has 8 nitrogen and oxygen atoms in total. The number of ether oxygens (including phenoxy) is 1. The number of aromatic nitrogens is 6. The van der Waals surface area contributed by atoms with Crippen molar-refractivity contribution in [3.05, 3.63) is 64.7 Å². The van der Waals surface area contributed by atoms with Gasteiger partial charge in [0.05, 0.1) is 22.8 Å². The molecule has 4 heterocycles. The van der Waals surface area contributed by atoms with Crippen LogP contribution in [0.5, 0.6) is 5.75 Å². The van der Waals surface area contributed by atoms with Gasteiger partial charge in [0.2, 0.25) is 0 Å². The van der Waals surface area contributed by atoms with E-state index >= 15 is 0 Å². The van der Waals surface area contributed by atoms with Crippen molar-refractivity contribution < 1.29 is 17.9 Å². The molecule has 176 valence electrons. The van der Waals surface area contributed by atoms with Crippen LogP contribution in [0, 0.1) is 6.92 Å². The van der Waals surface area contributed by atoms with Crippen molar-refractivity contribution >= 4 is 5.82 Å². The minimum absolute atomic E-state index is 0.0840. The summed E-state index contributed by atoms with van der Waals surface area (Å²) in [6, 6.07) is 8.27. The summed E-state index contributed by atoms with van der Waals surface area (Å²) in [4.78, 5) is 4.29. The highest BCUT2D eigenvalue weighted by molar-refractivity contribution is 5.66. The van der Waals surface area contributed by atoms with E-state index in [0.717, 1.165) is 11.6 Å². The highest BCUT2D eigenvalue weighted by Gasteiger charge is 2.36. The number of nitrogens with zero attached hydrogens (tertiary/aromatic N) is 6. The largest absolute Gasteiger partial charge is 0.482 e. The second-order valence-corrected chi connectivity index (χ2v) is 8.24. The Kier molecular flexibility index (Phi) is 5.07.